The Labute approximate surface area is 161 Å². The highest BCUT2D eigenvalue weighted by atomic mass is 32.1. The maximum atomic E-state index is 12.7. The number of nitrogens with zero attached hydrogens (tertiary/aromatic N) is 3. The lowest BCUT2D eigenvalue weighted by Gasteiger charge is -2.38. The fourth-order valence-electron chi connectivity index (χ4n) is 3.99. The standard InChI is InChI=1S/C20H31N3O2S/c1-4-17-15(2)13-18(26-17)20(25)22-11-9-21(10-12-22)14-19(24)23-8-6-5-7-16(23)3/h13,16H,4-12,14H2,1-3H3. The van der Waals surface area contributed by atoms with Gasteiger partial charge in [0, 0.05) is 43.6 Å². The van der Waals surface area contributed by atoms with Gasteiger partial charge in [0.15, 0.2) is 0 Å². The minimum absolute atomic E-state index is 0.147. The zero-order chi connectivity index (χ0) is 18.7. The molecule has 2 fully saturated rings. The molecule has 2 aliphatic rings. The first-order valence-corrected chi connectivity index (χ1v) is 10.7. The van der Waals surface area contributed by atoms with E-state index in [0.717, 1.165) is 43.8 Å². The van der Waals surface area contributed by atoms with Gasteiger partial charge in [0.25, 0.3) is 5.91 Å². The van der Waals surface area contributed by atoms with Crippen LogP contribution in [0.4, 0.5) is 0 Å². The normalized spacial score (nSPS) is 21.9. The molecule has 0 aromatic carbocycles. The average Bonchev–Trinajstić information content (AvgIpc) is 3.03. The van der Waals surface area contributed by atoms with Crippen LogP contribution >= 0.6 is 11.3 Å². The smallest absolute Gasteiger partial charge is 0.264 e. The predicted octanol–water partition coefficient (Wildman–Crippen LogP) is 2.78. The van der Waals surface area contributed by atoms with E-state index < -0.39 is 0 Å². The molecule has 3 heterocycles. The Hall–Kier alpha value is -1.40. The van der Waals surface area contributed by atoms with Crippen molar-refractivity contribution in [2.75, 3.05) is 39.3 Å². The Morgan fingerprint density at radius 1 is 1.15 bits per heavy atom. The summed E-state index contributed by atoms with van der Waals surface area (Å²) in [6.07, 6.45) is 4.45. The molecule has 144 valence electrons. The molecule has 26 heavy (non-hydrogen) atoms. The highest BCUT2D eigenvalue weighted by Gasteiger charge is 2.28. The molecule has 0 spiro atoms. The van der Waals surface area contributed by atoms with E-state index in [1.54, 1.807) is 11.3 Å². The van der Waals surface area contributed by atoms with Crippen LogP contribution in [0.2, 0.25) is 0 Å². The maximum absolute atomic E-state index is 12.7. The van der Waals surface area contributed by atoms with Gasteiger partial charge >= 0.3 is 0 Å². The number of hydrogen-bond donors (Lipinski definition) is 0. The fraction of sp³-hybridized carbons (Fsp3) is 0.700. The van der Waals surface area contributed by atoms with Gasteiger partial charge in [-0.1, -0.05) is 6.92 Å². The molecule has 0 N–H and O–H groups in total. The summed E-state index contributed by atoms with van der Waals surface area (Å²) in [5.74, 6) is 0.395. The van der Waals surface area contributed by atoms with E-state index in [2.05, 4.69) is 25.7 Å². The van der Waals surface area contributed by atoms with Crippen molar-refractivity contribution >= 4 is 23.2 Å². The van der Waals surface area contributed by atoms with E-state index in [9.17, 15) is 9.59 Å². The number of rotatable bonds is 4. The first-order valence-electron chi connectivity index (χ1n) is 9.90. The van der Waals surface area contributed by atoms with E-state index in [1.807, 2.05) is 15.9 Å². The van der Waals surface area contributed by atoms with Crippen molar-refractivity contribution in [3.63, 3.8) is 0 Å². The Bertz CT molecular complexity index is 649. The zero-order valence-corrected chi connectivity index (χ0v) is 17.1. The van der Waals surface area contributed by atoms with Crippen molar-refractivity contribution in [1.29, 1.82) is 0 Å². The molecule has 2 amide bonds. The summed E-state index contributed by atoms with van der Waals surface area (Å²) in [5.41, 5.74) is 1.22. The van der Waals surface area contributed by atoms with Gasteiger partial charge in [-0.2, -0.15) is 0 Å². The molecule has 0 radical (unpaired) electrons. The second-order valence-electron chi connectivity index (χ2n) is 7.57. The number of amides is 2. The Morgan fingerprint density at radius 3 is 2.50 bits per heavy atom. The molecule has 0 saturated carbocycles. The van der Waals surface area contributed by atoms with Crippen LogP contribution in [0.1, 0.15) is 53.2 Å². The zero-order valence-electron chi connectivity index (χ0n) is 16.3. The molecule has 1 unspecified atom stereocenters. The van der Waals surface area contributed by atoms with Crippen LogP contribution in [0.5, 0.6) is 0 Å². The second kappa shape index (κ2) is 8.53. The molecule has 3 rings (SSSR count). The van der Waals surface area contributed by atoms with Gasteiger partial charge in [0.2, 0.25) is 5.91 Å². The second-order valence-corrected chi connectivity index (χ2v) is 8.71. The lowest BCUT2D eigenvalue weighted by molar-refractivity contribution is -0.136. The van der Waals surface area contributed by atoms with Gasteiger partial charge in [-0.3, -0.25) is 14.5 Å². The van der Waals surface area contributed by atoms with Crippen molar-refractivity contribution in [1.82, 2.24) is 14.7 Å². The molecule has 1 aromatic heterocycles. The summed E-state index contributed by atoms with van der Waals surface area (Å²) in [6, 6.07) is 2.40. The van der Waals surface area contributed by atoms with Crippen LogP contribution in [-0.2, 0) is 11.2 Å². The van der Waals surface area contributed by atoms with Gasteiger partial charge < -0.3 is 9.80 Å². The van der Waals surface area contributed by atoms with Crippen LogP contribution in [0, 0.1) is 6.92 Å². The third-order valence-corrected chi connectivity index (χ3v) is 7.06. The lowest BCUT2D eigenvalue weighted by Crippen LogP contribution is -2.53. The maximum Gasteiger partial charge on any atom is 0.264 e. The monoisotopic (exact) mass is 377 g/mol. The van der Waals surface area contributed by atoms with Crippen LogP contribution < -0.4 is 0 Å². The SMILES string of the molecule is CCc1sc(C(=O)N2CCN(CC(=O)N3CCCCC3C)CC2)cc1C. The van der Waals surface area contributed by atoms with Crippen LogP contribution in [0.3, 0.4) is 0 Å². The summed E-state index contributed by atoms with van der Waals surface area (Å²) >= 11 is 1.63. The number of carbonyl (C=O) groups is 2. The summed E-state index contributed by atoms with van der Waals surface area (Å²) in [5, 5.41) is 0. The van der Waals surface area contributed by atoms with Crippen molar-refractivity contribution in [3.8, 4) is 0 Å². The lowest BCUT2D eigenvalue weighted by atomic mass is 10.0. The van der Waals surface area contributed by atoms with Gasteiger partial charge in [0.05, 0.1) is 11.4 Å². The molecule has 1 aromatic rings. The third kappa shape index (κ3) is 4.29. The van der Waals surface area contributed by atoms with E-state index >= 15 is 0 Å². The first kappa shape index (κ1) is 19.4. The number of aryl methyl sites for hydroxylation is 2. The van der Waals surface area contributed by atoms with E-state index in [-0.39, 0.29) is 11.8 Å². The first-order chi connectivity index (χ1) is 12.5. The number of piperazine rings is 1. The predicted molar refractivity (Wildman–Crippen MR) is 106 cm³/mol. The Morgan fingerprint density at radius 2 is 1.88 bits per heavy atom. The molecule has 2 aliphatic heterocycles. The Balaban J connectivity index is 1.50. The van der Waals surface area contributed by atoms with Crippen molar-refractivity contribution < 1.29 is 9.59 Å². The molecular weight excluding hydrogens is 346 g/mol. The molecule has 2 saturated heterocycles. The van der Waals surface area contributed by atoms with Crippen LogP contribution in [0.25, 0.3) is 0 Å². The minimum atomic E-state index is 0.147. The molecular formula is C20H31N3O2S. The quantitative estimate of drug-likeness (QED) is 0.810. The highest BCUT2D eigenvalue weighted by molar-refractivity contribution is 7.14. The largest absolute Gasteiger partial charge is 0.339 e. The van der Waals surface area contributed by atoms with E-state index in [0.29, 0.717) is 25.7 Å². The third-order valence-electron chi connectivity index (χ3n) is 5.69. The van der Waals surface area contributed by atoms with Crippen LogP contribution in [-0.4, -0.2) is 71.8 Å². The summed E-state index contributed by atoms with van der Waals surface area (Å²) in [4.78, 5) is 33.7. The van der Waals surface area contributed by atoms with Crippen LogP contribution in [0.15, 0.2) is 6.07 Å². The van der Waals surface area contributed by atoms with Gasteiger partial charge in [-0.15, -0.1) is 11.3 Å². The summed E-state index contributed by atoms with van der Waals surface area (Å²) in [6.45, 7) is 10.7. The molecule has 1 atom stereocenters. The molecule has 0 aliphatic carbocycles. The summed E-state index contributed by atoms with van der Waals surface area (Å²) in [7, 11) is 0. The highest BCUT2D eigenvalue weighted by Crippen LogP contribution is 2.24. The molecule has 5 nitrogen and oxygen atoms in total. The molecule has 6 heteroatoms. The van der Waals surface area contributed by atoms with Crippen molar-refractivity contribution in [3.05, 3.63) is 21.4 Å². The number of carbonyl (C=O) groups excluding carboxylic acids is 2. The van der Waals surface area contributed by atoms with Gasteiger partial charge in [-0.05, 0) is 51.2 Å². The topological polar surface area (TPSA) is 43.9 Å². The Kier molecular flexibility index (Phi) is 6.35. The number of piperidine rings is 1. The van der Waals surface area contributed by atoms with E-state index in [1.165, 1.54) is 16.9 Å². The van der Waals surface area contributed by atoms with E-state index in [4.69, 9.17) is 0 Å². The number of thiophene rings is 1. The van der Waals surface area contributed by atoms with Crippen molar-refractivity contribution in [2.45, 2.75) is 52.5 Å². The van der Waals surface area contributed by atoms with Gasteiger partial charge in [-0.25, -0.2) is 0 Å². The number of hydrogen-bond acceptors (Lipinski definition) is 4. The van der Waals surface area contributed by atoms with Gasteiger partial charge in [0.1, 0.15) is 0 Å². The summed E-state index contributed by atoms with van der Waals surface area (Å²) < 4.78 is 0. The number of likely N-dealkylation sites (tertiary alicyclic amines) is 1. The minimum Gasteiger partial charge on any atom is -0.339 e. The van der Waals surface area contributed by atoms with Crippen molar-refractivity contribution in [2.24, 2.45) is 0 Å². The average molecular weight is 378 g/mol. The fourth-order valence-corrected chi connectivity index (χ4v) is 5.07. The molecule has 0 bridgehead atoms.